The largest absolute Gasteiger partial charge is 0.468 e. The van der Waals surface area contributed by atoms with Gasteiger partial charge in [-0.2, -0.15) is 0 Å². The van der Waals surface area contributed by atoms with Crippen molar-refractivity contribution in [3.05, 3.63) is 10.4 Å². The van der Waals surface area contributed by atoms with Crippen molar-refractivity contribution in [2.24, 2.45) is 5.11 Å². The van der Waals surface area contributed by atoms with Gasteiger partial charge < -0.3 is 19.5 Å². The molecule has 0 aromatic rings. The third-order valence-electron chi connectivity index (χ3n) is 3.54. The number of carbonyl (C=O) groups is 4. The molecule has 1 N–H and O–H groups in total. The van der Waals surface area contributed by atoms with Gasteiger partial charge in [0.2, 0.25) is 5.91 Å². The molecule has 12 nitrogen and oxygen atoms in total. The molecular weight excluding hydrogens is 362 g/mol. The molecule has 0 rings (SSSR count). The summed E-state index contributed by atoms with van der Waals surface area (Å²) in [5.41, 5.74) is 8.14. The molecule has 0 aliphatic rings. The normalized spacial score (nSPS) is 11.1. The summed E-state index contributed by atoms with van der Waals surface area (Å²) in [6, 6.07) is -0.855. The Morgan fingerprint density at radius 2 is 1.63 bits per heavy atom. The molecule has 0 aliphatic heterocycles. The summed E-state index contributed by atoms with van der Waals surface area (Å²) in [4.78, 5) is 50.4. The number of ether oxygens (including phenoxy) is 3. The highest BCUT2D eigenvalue weighted by molar-refractivity contribution is 5.80. The number of amides is 1. The SMILES string of the molecule is COC(=O)CN(CC(=O)OC)[C@@H](CCCCNC(=O)CN=[N+]=[N-])C(=O)OC. The van der Waals surface area contributed by atoms with Gasteiger partial charge in [0.1, 0.15) is 12.6 Å². The molecule has 152 valence electrons. The first-order chi connectivity index (χ1) is 12.9. The Labute approximate surface area is 156 Å². The lowest BCUT2D eigenvalue weighted by Gasteiger charge is -2.27. The molecule has 27 heavy (non-hydrogen) atoms. The van der Waals surface area contributed by atoms with Gasteiger partial charge >= 0.3 is 17.9 Å². The van der Waals surface area contributed by atoms with Crippen LogP contribution < -0.4 is 5.32 Å². The van der Waals surface area contributed by atoms with Gasteiger partial charge in [0, 0.05) is 11.5 Å². The Bertz CT molecular complexity index is 545. The van der Waals surface area contributed by atoms with E-state index in [1.54, 1.807) is 0 Å². The zero-order valence-electron chi connectivity index (χ0n) is 15.7. The number of azide groups is 1. The van der Waals surface area contributed by atoms with Crippen molar-refractivity contribution in [3.63, 3.8) is 0 Å². The maximum atomic E-state index is 12.1. The van der Waals surface area contributed by atoms with E-state index in [-0.39, 0.29) is 26.1 Å². The molecule has 0 saturated heterocycles. The molecule has 0 spiro atoms. The fraction of sp³-hybridized carbons (Fsp3) is 0.733. The Morgan fingerprint density at radius 1 is 1.04 bits per heavy atom. The van der Waals surface area contributed by atoms with E-state index >= 15 is 0 Å². The number of esters is 3. The fourth-order valence-corrected chi connectivity index (χ4v) is 2.16. The number of nitrogens with one attached hydrogen (secondary N) is 1. The summed E-state index contributed by atoms with van der Waals surface area (Å²) in [6.45, 7) is -0.530. The van der Waals surface area contributed by atoms with Crippen LogP contribution in [0.15, 0.2) is 5.11 Å². The van der Waals surface area contributed by atoms with E-state index in [4.69, 9.17) is 10.3 Å². The Hall–Kier alpha value is -2.85. The van der Waals surface area contributed by atoms with Crippen LogP contribution >= 0.6 is 0 Å². The van der Waals surface area contributed by atoms with Crippen LogP contribution in [-0.4, -0.2) is 82.3 Å². The van der Waals surface area contributed by atoms with Crippen LogP contribution in [0.4, 0.5) is 0 Å². The highest BCUT2D eigenvalue weighted by Gasteiger charge is 2.30. The van der Waals surface area contributed by atoms with Crippen LogP contribution in [0, 0.1) is 0 Å². The van der Waals surface area contributed by atoms with Gasteiger partial charge in [-0.15, -0.1) is 0 Å². The van der Waals surface area contributed by atoms with E-state index < -0.39 is 29.9 Å². The number of carbonyl (C=O) groups excluding carboxylic acids is 4. The van der Waals surface area contributed by atoms with Gasteiger partial charge in [-0.05, 0) is 24.8 Å². The molecule has 0 saturated carbocycles. The van der Waals surface area contributed by atoms with Crippen LogP contribution in [0.1, 0.15) is 19.3 Å². The number of hydrogen-bond donors (Lipinski definition) is 1. The van der Waals surface area contributed by atoms with Gasteiger partial charge in [0.15, 0.2) is 0 Å². The van der Waals surface area contributed by atoms with Crippen molar-refractivity contribution in [3.8, 4) is 0 Å². The maximum Gasteiger partial charge on any atom is 0.323 e. The van der Waals surface area contributed by atoms with E-state index in [2.05, 4.69) is 24.8 Å². The second-order valence-electron chi connectivity index (χ2n) is 5.33. The molecule has 0 aromatic heterocycles. The second-order valence-corrected chi connectivity index (χ2v) is 5.33. The number of methoxy groups -OCH3 is 3. The van der Waals surface area contributed by atoms with Crippen LogP contribution in [0.3, 0.4) is 0 Å². The van der Waals surface area contributed by atoms with Crippen molar-refractivity contribution in [1.82, 2.24) is 10.2 Å². The average molecular weight is 387 g/mol. The summed E-state index contributed by atoms with van der Waals surface area (Å²) in [5.74, 6) is -2.23. The lowest BCUT2D eigenvalue weighted by Crippen LogP contribution is -2.47. The highest BCUT2D eigenvalue weighted by atomic mass is 16.5. The van der Waals surface area contributed by atoms with E-state index in [0.29, 0.717) is 19.4 Å². The van der Waals surface area contributed by atoms with Crippen LogP contribution in [0.2, 0.25) is 0 Å². The van der Waals surface area contributed by atoms with E-state index in [0.717, 1.165) is 0 Å². The molecule has 1 amide bonds. The first kappa shape index (κ1) is 24.1. The molecule has 0 aromatic carbocycles. The van der Waals surface area contributed by atoms with E-state index in [1.165, 1.54) is 26.2 Å². The summed E-state index contributed by atoms with van der Waals surface area (Å²) < 4.78 is 14.0. The summed E-state index contributed by atoms with van der Waals surface area (Å²) in [7, 11) is 3.61. The van der Waals surface area contributed by atoms with E-state index in [1.807, 2.05) is 0 Å². The number of hydrogen-bond acceptors (Lipinski definition) is 9. The van der Waals surface area contributed by atoms with Gasteiger partial charge in [-0.3, -0.25) is 24.1 Å². The first-order valence-corrected chi connectivity index (χ1v) is 8.12. The molecule has 0 heterocycles. The minimum absolute atomic E-state index is 0.283. The standard InChI is InChI=1S/C15H25N5O7/c1-25-13(22)9-20(10-14(23)26-2)11(15(24)27-3)6-4-5-7-17-12(21)8-18-19-16/h11H,4-10H2,1-3H3,(H,17,21)/t11-/m0/s1. The minimum atomic E-state index is -0.855. The summed E-state index contributed by atoms with van der Waals surface area (Å²) >= 11 is 0. The minimum Gasteiger partial charge on any atom is -0.468 e. The predicted molar refractivity (Wildman–Crippen MR) is 92.3 cm³/mol. The number of unbranched alkanes of at least 4 members (excludes halogenated alkanes) is 1. The first-order valence-electron chi connectivity index (χ1n) is 8.12. The average Bonchev–Trinajstić information content (AvgIpc) is 2.67. The molecular formula is C15H25N5O7. The Morgan fingerprint density at radius 3 is 2.11 bits per heavy atom. The monoisotopic (exact) mass is 387 g/mol. The Balaban J connectivity index is 4.76. The molecule has 1 atom stereocenters. The predicted octanol–water partition coefficient (Wildman–Crippen LogP) is -0.227. The molecule has 0 bridgehead atoms. The highest BCUT2D eigenvalue weighted by Crippen LogP contribution is 2.11. The molecule has 0 aliphatic carbocycles. The Kier molecular flexibility index (Phi) is 12.8. The lowest BCUT2D eigenvalue weighted by atomic mass is 10.1. The van der Waals surface area contributed by atoms with Gasteiger partial charge in [-0.1, -0.05) is 5.11 Å². The molecule has 12 heteroatoms. The van der Waals surface area contributed by atoms with Crippen molar-refractivity contribution in [2.45, 2.75) is 25.3 Å². The van der Waals surface area contributed by atoms with Crippen molar-refractivity contribution in [2.75, 3.05) is 47.5 Å². The second kappa shape index (κ2) is 14.3. The fourth-order valence-electron chi connectivity index (χ4n) is 2.16. The van der Waals surface area contributed by atoms with Crippen molar-refractivity contribution in [1.29, 1.82) is 0 Å². The zero-order valence-corrected chi connectivity index (χ0v) is 15.7. The third-order valence-corrected chi connectivity index (χ3v) is 3.54. The summed E-state index contributed by atoms with van der Waals surface area (Å²) in [5, 5.41) is 5.71. The van der Waals surface area contributed by atoms with Gasteiger partial charge in [0.25, 0.3) is 0 Å². The van der Waals surface area contributed by atoms with Crippen LogP contribution in [0.5, 0.6) is 0 Å². The maximum absolute atomic E-state index is 12.1. The lowest BCUT2D eigenvalue weighted by molar-refractivity contribution is -0.153. The zero-order chi connectivity index (χ0) is 20.7. The smallest absolute Gasteiger partial charge is 0.323 e. The summed E-state index contributed by atoms with van der Waals surface area (Å²) in [6.07, 6.45) is 1.31. The molecule has 0 fully saturated rings. The third kappa shape index (κ3) is 10.7. The van der Waals surface area contributed by atoms with E-state index in [9.17, 15) is 19.2 Å². The van der Waals surface area contributed by atoms with Crippen LogP contribution in [-0.2, 0) is 33.4 Å². The van der Waals surface area contributed by atoms with Crippen LogP contribution in [0.25, 0.3) is 10.4 Å². The van der Waals surface area contributed by atoms with Crippen molar-refractivity contribution < 1.29 is 33.4 Å². The molecule has 0 radical (unpaired) electrons. The number of nitrogens with zero attached hydrogens (tertiary/aromatic N) is 4. The van der Waals surface area contributed by atoms with Gasteiger partial charge in [-0.25, -0.2) is 0 Å². The topological polar surface area (TPSA) is 160 Å². The number of rotatable bonds is 13. The van der Waals surface area contributed by atoms with Crippen molar-refractivity contribution >= 4 is 23.8 Å². The molecule has 0 unspecified atom stereocenters. The van der Waals surface area contributed by atoms with Gasteiger partial charge in [0.05, 0.1) is 34.4 Å². The quantitative estimate of drug-likeness (QED) is 0.113.